The van der Waals surface area contributed by atoms with Gasteiger partial charge in [0.1, 0.15) is 5.54 Å². The SMILES string of the molecule is CC(C)NS(=O)(=O)c1ccc(NC(=O)C2(n3cccn3)CCNCC2)cc1.Cl. The van der Waals surface area contributed by atoms with E-state index in [1.807, 2.05) is 0 Å². The molecule has 1 amide bonds. The van der Waals surface area contributed by atoms with Crippen LogP contribution >= 0.6 is 12.4 Å². The summed E-state index contributed by atoms with van der Waals surface area (Å²) in [6.07, 6.45) is 4.73. The van der Waals surface area contributed by atoms with Gasteiger partial charge in [0.2, 0.25) is 10.0 Å². The van der Waals surface area contributed by atoms with E-state index in [2.05, 4.69) is 20.5 Å². The van der Waals surface area contributed by atoms with Gasteiger partial charge < -0.3 is 10.6 Å². The van der Waals surface area contributed by atoms with Crippen molar-refractivity contribution < 1.29 is 13.2 Å². The van der Waals surface area contributed by atoms with Crippen molar-refractivity contribution in [1.82, 2.24) is 19.8 Å². The van der Waals surface area contributed by atoms with E-state index in [1.165, 1.54) is 12.1 Å². The van der Waals surface area contributed by atoms with Crippen LogP contribution < -0.4 is 15.4 Å². The van der Waals surface area contributed by atoms with Crippen LogP contribution in [0.3, 0.4) is 0 Å². The first-order valence-corrected chi connectivity index (χ1v) is 10.5. The fraction of sp³-hybridized carbons (Fsp3) is 0.444. The molecule has 0 radical (unpaired) electrons. The molecule has 154 valence electrons. The van der Waals surface area contributed by atoms with Crippen LogP contribution in [0, 0.1) is 0 Å². The number of anilines is 1. The molecule has 1 aromatic carbocycles. The second-order valence-electron chi connectivity index (χ2n) is 6.99. The highest BCUT2D eigenvalue weighted by Gasteiger charge is 2.42. The molecular formula is C18H26ClN5O3S. The maximum absolute atomic E-state index is 13.1. The van der Waals surface area contributed by atoms with Crippen LogP contribution in [0.25, 0.3) is 0 Å². The average molecular weight is 428 g/mol. The summed E-state index contributed by atoms with van der Waals surface area (Å²) >= 11 is 0. The number of piperidine rings is 1. The second-order valence-corrected chi connectivity index (χ2v) is 8.70. The van der Waals surface area contributed by atoms with E-state index in [0.29, 0.717) is 18.5 Å². The highest BCUT2D eigenvalue weighted by molar-refractivity contribution is 7.89. The van der Waals surface area contributed by atoms with Gasteiger partial charge >= 0.3 is 0 Å². The highest BCUT2D eigenvalue weighted by atomic mass is 35.5. The first-order valence-electron chi connectivity index (χ1n) is 8.98. The summed E-state index contributed by atoms with van der Waals surface area (Å²) in [5.74, 6) is -0.149. The molecule has 0 bridgehead atoms. The number of rotatable bonds is 6. The summed E-state index contributed by atoms with van der Waals surface area (Å²) in [5.41, 5.74) is -0.202. The first-order chi connectivity index (χ1) is 12.8. The molecular weight excluding hydrogens is 402 g/mol. The van der Waals surface area contributed by atoms with Crippen molar-refractivity contribution in [3.8, 4) is 0 Å². The monoisotopic (exact) mass is 427 g/mol. The number of carbonyl (C=O) groups is 1. The molecule has 0 atom stereocenters. The molecule has 1 saturated heterocycles. The van der Waals surface area contributed by atoms with Gasteiger partial charge in [0.05, 0.1) is 4.90 Å². The van der Waals surface area contributed by atoms with Crippen molar-refractivity contribution in [1.29, 1.82) is 0 Å². The Morgan fingerprint density at radius 3 is 2.39 bits per heavy atom. The zero-order chi connectivity index (χ0) is 19.5. The number of benzene rings is 1. The summed E-state index contributed by atoms with van der Waals surface area (Å²) in [6.45, 7) is 4.98. The zero-order valence-electron chi connectivity index (χ0n) is 15.9. The van der Waals surface area contributed by atoms with Gasteiger partial charge in [-0.2, -0.15) is 5.10 Å². The van der Waals surface area contributed by atoms with Crippen LogP contribution in [0.5, 0.6) is 0 Å². The number of halogens is 1. The minimum absolute atomic E-state index is 0. The minimum Gasteiger partial charge on any atom is -0.324 e. The molecule has 0 spiro atoms. The molecule has 1 aromatic heterocycles. The van der Waals surface area contributed by atoms with Crippen LogP contribution in [0.4, 0.5) is 5.69 Å². The molecule has 0 unspecified atom stereocenters. The van der Waals surface area contributed by atoms with Crippen molar-refractivity contribution in [3.63, 3.8) is 0 Å². The molecule has 0 aliphatic carbocycles. The summed E-state index contributed by atoms with van der Waals surface area (Å²) in [4.78, 5) is 13.2. The third kappa shape index (κ3) is 4.72. The Bertz CT molecular complexity index is 876. The lowest BCUT2D eigenvalue weighted by Gasteiger charge is -2.36. The maximum Gasteiger partial charge on any atom is 0.252 e. The zero-order valence-corrected chi connectivity index (χ0v) is 17.5. The summed E-state index contributed by atoms with van der Waals surface area (Å²) in [5, 5.41) is 10.5. The van der Waals surface area contributed by atoms with Crippen LogP contribution in [-0.2, 0) is 20.4 Å². The number of carbonyl (C=O) groups excluding carboxylic acids is 1. The van der Waals surface area contributed by atoms with Crippen LogP contribution in [0.1, 0.15) is 26.7 Å². The Balaban J connectivity index is 0.00000280. The average Bonchev–Trinajstić information content (AvgIpc) is 3.17. The third-order valence-corrected chi connectivity index (χ3v) is 6.28. The van der Waals surface area contributed by atoms with Gasteiger partial charge in [0.15, 0.2) is 0 Å². The van der Waals surface area contributed by atoms with Crippen molar-refractivity contribution in [2.45, 2.75) is 43.2 Å². The predicted molar refractivity (Wildman–Crippen MR) is 110 cm³/mol. The summed E-state index contributed by atoms with van der Waals surface area (Å²) in [7, 11) is -3.56. The Hall–Kier alpha value is -1.94. The lowest BCUT2D eigenvalue weighted by molar-refractivity contribution is -0.126. The van der Waals surface area contributed by atoms with Gasteiger partial charge in [-0.25, -0.2) is 13.1 Å². The number of hydrogen-bond donors (Lipinski definition) is 3. The lowest BCUT2D eigenvalue weighted by Crippen LogP contribution is -2.52. The fourth-order valence-corrected chi connectivity index (χ4v) is 4.52. The van der Waals surface area contributed by atoms with E-state index in [-0.39, 0.29) is 29.3 Å². The second kappa shape index (κ2) is 9.04. The quantitative estimate of drug-likeness (QED) is 0.650. The Morgan fingerprint density at radius 2 is 1.86 bits per heavy atom. The summed E-state index contributed by atoms with van der Waals surface area (Å²) in [6, 6.07) is 7.80. The van der Waals surface area contributed by atoms with Gasteiger partial charge in [-0.15, -0.1) is 12.4 Å². The molecule has 2 heterocycles. The lowest BCUT2D eigenvalue weighted by atomic mass is 9.87. The molecule has 3 rings (SSSR count). The number of nitrogens with one attached hydrogen (secondary N) is 3. The van der Waals surface area contributed by atoms with E-state index >= 15 is 0 Å². The Morgan fingerprint density at radius 1 is 1.21 bits per heavy atom. The van der Waals surface area contributed by atoms with Crippen molar-refractivity contribution >= 4 is 34.0 Å². The number of aromatic nitrogens is 2. The molecule has 1 fully saturated rings. The Kier molecular flexibility index (Phi) is 7.22. The van der Waals surface area contributed by atoms with Gasteiger partial charge in [-0.05, 0) is 70.1 Å². The fourth-order valence-electron chi connectivity index (χ4n) is 3.27. The molecule has 3 N–H and O–H groups in total. The third-order valence-electron chi connectivity index (χ3n) is 4.61. The standard InChI is InChI=1S/C18H25N5O3S.ClH/c1-14(2)22-27(25,26)16-6-4-15(5-7-16)21-17(24)18(8-11-19-12-9-18)23-13-3-10-20-23;/h3-7,10,13-14,19,22H,8-9,11-12H2,1-2H3,(H,21,24);1H. The molecule has 0 saturated carbocycles. The van der Waals surface area contributed by atoms with Crippen LogP contribution in [0.15, 0.2) is 47.6 Å². The van der Waals surface area contributed by atoms with E-state index < -0.39 is 15.6 Å². The largest absolute Gasteiger partial charge is 0.324 e. The van der Waals surface area contributed by atoms with E-state index in [9.17, 15) is 13.2 Å². The van der Waals surface area contributed by atoms with E-state index in [1.54, 1.807) is 49.1 Å². The number of nitrogens with zero attached hydrogens (tertiary/aromatic N) is 2. The number of sulfonamides is 1. The highest BCUT2D eigenvalue weighted by Crippen LogP contribution is 2.29. The summed E-state index contributed by atoms with van der Waals surface area (Å²) < 4.78 is 28.7. The molecule has 8 nitrogen and oxygen atoms in total. The van der Waals surface area contributed by atoms with E-state index in [4.69, 9.17) is 0 Å². The Labute approximate surface area is 171 Å². The smallest absolute Gasteiger partial charge is 0.252 e. The van der Waals surface area contributed by atoms with Crippen molar-refractivity contribution in [2.75, 3.05) is 18.4 Å². The topological polar surface area (TPSA) is 105 Å². The number of hydrogen-bond acceptors (Lipinski definition) is 5. The number of amides is 1. The van der Waals surface area contributed by atoms with Gasteiger partial charge in [-0.1, -0.05) is 0 Å². The van der Waals surface area contributed by atoms with Crippen LogP contribution in [-0.4, -0.2) is 43.2 Å². The molecule has 2 aromatic rings. The van der Waals surface area contributed by atoms with Gasteiger partial charge in [-0.3, -0.25) is 9.48 Å². The first kappa shape index (κ1) is 22.4. The predicted octanol–water partition coefficient (Wildman–Crippen LogP) is 1.71. The molecule has 28 heavy (non-hydrogen) atoms. The normalized spacial score (nSPS) is 16.4. The van der Waals surface area contributed by atoms with Gasteiger partial charge in [0.25, 0.3) is 5.91 Å². The molecule has 10 heteroatoms. The molecule has 1 aliphatic heterocycles. The van der Waals surface area contributed by atoms with Gasteiger partial charge in [0, 0.05) is 24.1 Å². The molecule has 1 aliphatic rings. The van der Waals surface area contributed by atoms with Crippen LogP contribution in [0.2, 0.25) is 0 Å². The minimum atomic E-state index is -3.56. The maximum atomic E-state index is 13.1. The van der Waals surface area contributed by atoms with E-state index in [0.717, 1.165) is 13.1 Å². The van der Waals surface area contributed by atoms with Crippen molar-refractivity contribution in [2.24, 2.45) is 0 Å². The van der Waals surface area contributed by atoms with Crippen molar-refractivity contribution in [3.05, 3.63) is 42.7 Å².